The fourth-order valence-corrected chi connectivity index (χ4v) is 3.67. The van der Waals surface area contributed by atoms with Gasteiger partial charge in [-0.1, -0.05) is 96.8 Å². The Morgan fingerprint density at radius 3 is 1.73 bits per heavy atom. The summed E-state index contributed by atoms with van der Waals surface area (Å²) in [6.07, 6.45) is 19.8. The summed E-state index contributed by atoms with van der Waals surface area (Å²) in [5.74, 6) is -1.15. The van der Waals surface area contributed by atoms with E-state index in [2.05, 4.69) is 12.2 Å². The minimum absolute atomic E-state index is 0.112. The van der Waals surface area contributed by atoms with Gasteiger partial charge >= 0.3 is 5.97 Å². The van der Waals surface area contributed by atoms with Crippen LogP contribution in [0.2, 0.25) is 0 Å². The van der Waals surface area contributed by atoms with Crippen LogP contribution in [0.4, 0.5) is 11.4 Å². The van der Waals surface area contributed by atoms with E-state index in [1.807, 2.05) is 0 Å². The van der Waals surface area contributed by atoms with E-state index in [4.69, 9.17) is 10.8 Å². The highest BCUT2D eigenvalue weighted by atomic mass is 16.4. The van der Waals surface area contributed by atoms with Crippen molar-refractivity contribution in [3.63, 3.8) is 0 Å². The van der Waals surface area contributed by atoms with Gasteiger partial charge in [-0.3, -0.25) is 4.79 Å². The Hall–Kier alpha value is -2.04. The number of rotatable bonds is 18. The monoisotopic (exact) mass is 418 g/mol. The maximum Gasteiger partial charge on any atom is 0.335 e. The van der Waals surface area contributed by atoms with Crippen molar-refractivity contribution in [1.82, 2.24) is 0 Å². The highest BCUT2D eigenvalue weighted by Gasteiger charge is 2.09. The van der Waals surface area contributed by atoms with Crippen molar-refractivity contribution >= 4 is 23.3 Å². The molecule has 0 unspecified atom stereocenters. The molecule has 0 aromatic heterocycles. The Balaban J connectivity index is 1.96. The number of nitrogen functional groups attached to an aromatic ring is 1. The first-order chi connectivity index (χ1) is 14.5. The Bertz CT molecular complexity index is 616. The molecule has 0 aliphatic carbocycles. The van der Waals surface area contributed by atoms with Gasteiger partial charge in [-0.15, -0.1) is 0 Å². The van der Waals surface area contributed by atoms with Crippen LogP contribution in [-0.4, -0.2) is 17.0 Å². The van der Waals surface area contributed by atoms with Gasteiger partial charge in [-0.2, -0.15) is 0 Å². The van der Waals surface area contributed by atoms with Gasteiger partial charge in [-0.25, -0.2) is 4.79 Å². The molecule has 170 valence electrons. The lowest BCUT2D eigenvalue weighted by molar-refractivity contribution is -0.116. The summed E-state index contributed by atoms with van der Waals surface area (Å²) in [5.41, 5.74) is 6.69. The van der Waals surface area contributed by atoms with E-state index in [-0.39, 0.29) is 11.5 Å². The number of carbonyl (C=O) groups is 2. The number of hydrogen-bond acceptors (Lipinski definition) is 3. The second-order valence-corrected chi connectivity index (χ2v) is 8.36. The highest BCUT2D eigenvalue weighted by Crippen LogP contribution is 2.21. The fraction of sp³-hybridized carbons (Fsp3) is 0.680. The van der Waals surface area contributed by atoms with Crippen LogP contribution in [0.5, 0.6) is 0 Å². The van der Waals surface area contributed by atoms with Gasteiger partial charge in [0.15, 0.2) is 0 Å². The fourth-order valence-electron chi connectivity index (χ4n) is 3.67. The van der Waals surface area contributed by atoms with Crippen LogP contribution in [0.3, 0.4) is 0 Å². The van der Waals surface area contributed by atoms with Crippen molar-refractivity contribution in [3.8, 4) is 0 Å². The summed E-state index contributed by atoms with van der Waals surface area (Å²) in [6, 6.07) is 4.34. The third kappa shape index (κ3) is 12.5. The van der Waals surface area contributed by atoms with Gasteiger partial charge in [0, 0.05) is 6.42 Å². The van der Waals surface area contributed by atoms with Crippen molar-refractivity contribution < 1.29 is 14.7 Å². The van der Waals surface area contributed by atoms with Gasteiger partial charge in [-0.05, 0) is 24.6 Å². The van der Waals surface area contributed by atoms with Crippen molar-refractivity contribution in [1.29, 1.82) is 0 Å². The van der Waals surface area contributed by atoms with Crippen molar-refractivity contribution in [2.45, 2.75) is 110 Å². The minimum Gasteiger partial charge on any atom is -0.478 e. The van der Waals surface area contributed by atoms with Crippen LogP contribution < -0.4 is 11.1 Å². The molecular weight excluding hydrogens is 376 g/mol. The van der Waals surface area contributed by atoms with Crippen LogP contribution >= 0.6 is 0 Å². The molecule has 0 spiro atoms. The molecule has 0 radical (unpaired) electrons. The van der Waals surface area contributed by atoms with E-state index in [0.717, 1.165) is 12.8 Å². The van der Waals surface area contributed by atoms with Gasteiger partial charge < -0.3 is 16.2 Å². The van der Waals surface area contributed by atoms with Crippen molar-refractivity contribution in [2.75, 3.05) is 11.1 Å². The number of anilines is 2. The molecule has 0 bridgehead atoms. The molecule has 0 saturated heterocycles. The molecule has 0 aliphatic rings. The third-order valence-electron chi connectivity index (χ3n) is 5.58. The number of carbonyl (C=O) groups excluding carboxylic acids is 1. The lowest BCUT2D eigenvalue weighted by Gasteiger charge is -2.09. The summed E-state index contributed by atoms with van der Waals surface area (Å²) < 4.78 is 0. The van der Waals surface area contributed by atoms with E-state index < -0.39 is 5.97 Å². The topological polar surface area (TPSA) is 92.4 Å². The standard InChI is InChI=1S/C25H42N2O3/c1-2-3-4-5-6-7-8-9-10-11-12-13-14-15-16-17-24(28)27-23-20-21(25(29)30)18-19-22(23)26/h18-20H,2-17,26H2,1H3,(H,27,28)(H,29,30). The first-order valence-corrected chi connectivity index (χ1v) is 12.0. The number of aromatic carboxylic acids is 1. The Kier molecular flexibility index (Phi) is 14.5. The molecule has 0 fully saturated rings. The Morgan fingerprint density at radius 2 is 1.27 bits per heavy atom. The zero-order valence-electron chi connectivity index (χ0n) is 18.9. The van der Waals surface area contributed by atoms with Crippen LogP contribution in [0, 0.1) is 0 Å². The van der Waals surface area contributed by atoms with Gasteiger partial charge in [0.1, 0.15) is 0 Å². The number of unbranched alkanes of at least 4 members (excludes halogenated alkanes) is 14. The molecule has 1 aromatic carbocycles. The summed E-state index contributed by atoms with van der Waals surface area (Å²) in [7, 11) is 0. The molecule has 1 amide bonds. The lowest BCUT2D eigenvalue weighted by Crippen LogP contribution is -2.13. The number of nitrogens with two attached hydrogens (primary N) is 1. The van der Waals surface area contributed by atoms with Gasteiger partial charge in [0.2, 0.25) is 5.91 Å². The maximum absolute atomic E-state index is 12.1. The summed E-state index contributed by atoms with van der Waals surface area (Å²) >= 11 is 0. The van der Waals surface area contributed by atoms with Crippen LogP contribution in [0.1, 0.15) is 120 Å². The number of benzene rings is 1. The van der Waals surface area contributed by atoms with Crippen LogP contribution in [0.15, 0.2) is 18.2 Å². The van der Waals surface area contributed by atoms with E-state index >= 15 is 0 Å². The van der Waals surface area contributed by atoms with Crippen LogP contribution in [0.25, 0.3) is 0 Å². The average Bonchev–Trinajstić information content (AvgIpc) is 2.72. The lowest BCUT2D eigenvalue weighted by atomic mass is 10.0. The molecule has 4 N–H and O–H groups in total. The van der Waals surface area contributed by atoms with Crippen molar-refractivity contribution in [3.05, 3.63) is 23.8 Å². The second-order valence-electron chi connectivity index (χ2n) is 8.36. The van der Waals surface area contributed by atoms with Crippen molar-refractivity contribution in [2.24, 2.45) is 0 Å². The number of hydrogen-bond donors (Lipinski definition) is 3. The van der Waals surface area contributed by atoms with Crippen LogP contribution in [-0.2, 0) is 4.79 Å². The largest absolute Gasteiger partial charge is 0.478 e. The predicted octanol–water partition coefficient (Wildman–Crippen LogP) is 7.17. The quantitative estimate of drug-likeness (QED) is 0.174. The molecule has 0 saturated carbocycles. The second kappa shape index (κ2) is 16.7. The third-order valence-corrected chi connectivity index (χ3v) is 5.58. The normalized spacial score (nSPS) is 10.8. The molecule has 5 nitrogen and oxygen atoms in total. The first kappa shape index (κ1) is 26.0. The molecule has 1 rings (SSSR count). The molecule has 0 atom stereocenters. The van der Waals surface area contributed by atoms with E-state index in [1.54, 1.807) is 0 Å². The summed E-state index contributed by atoms with van der Waals surface area (Å²) in [5, 5.41) is 11.8. The zero-order valence-corrected chi connectivity index (χ0v) is 18.9. The van der Waals surface area contributed by atoms with Gasteiger partial charge in [0.25, 0.3) is 0 Å². The number of carboxylic acid groups (broad SMARTS) is 1. The van der Waals surface area contributed by atoms with E-state index in [1.165, 1.54) is 102 Å². The Labute approximate surface area is 182 Å². The molecule has 1 aromatic rings. The predicted molar refractivity (Wildman–Crippen MR) is 126 cm³/mol. The van der Waals surface area contributed by atoms with E-state index in [0.29, 0.717) is 17.8 Å². The molecule has 30 heavy (non-hydrogen) atoms. The van der Waals surface area contributed by atoms with E-state index in [9.17, 15) is 9.59 Å². The SMILES string of the molecule is CCCCCCCCCCCCCCCCCC(=O)Nc1cc(C(=O)O)ccc1N. The maximum atomic E-state index is 12.1. The first-order valence-electron chi connectivity index (χ1n) is 12.0. The molecule has 5 heteroatoms. The number of amides is 1. The molecular formula is C25H42N2O3. The van der Waals surface area contributed by atoms with Gasteiger partial charge in [0.05, 0.1) is 16.9 Å². The summed E-state index contributed by atoms with van der Waals surface area (Å²) in [4.78, 5) is 23.1. The minimum atomic E-state index is -1.03. The Morgan fingerprint density at radius 1 is 0.800 bits per heavy atom. The molecule has 0 heterocycles. The highest BCUT2D eigenvalue weighted by molar-refractivity contribution is 5.97. The smallest absolute Gasteiger partial charge is 0.335 e. The molecule has 0 aliphatic heterocycles. The summed E-state index contributed by atoms with van der Waals surface area (Å²) in [6.45, 7) is 2.26. The zero-order chi connectivity index (χ0) is 22.0. The number of nitrogens with one attached hydrogen (secondary N) is 1. The average molecular weight is 419 g/mol. The number of carboxylic acids is 1.